The second kappa shape index (κ2) is 7.94. The van der Waals surface area contributed by atoms with Gasteiger partial charge >= 0.3 is 5.97 Å². The second-order valence-electron chi connectivity index (χ2n) is 5.88. The fraction of sp³-hybridized carbons (Fsp3) is 0.750. The van der Waals surface area contributed by atoms with E-state index in [4.69, 9.17) is 11.5 Å². The molecular weight excluding hydrogens is 254 g/mol. The van der Waals surface area contributed by atoms with Crippen molar-refractivity contribution in [2.45, 2.75) is 70.8 Å². The molecule has 0 aliphatic heterocycles. The monoisotopic (exact) mass is 279 g/mol. The smallest absolute Gasteiger partial charge is 0.303 e. The number of hydrogen-bond acceptors (Lipinski definition) is 2. The van der Waals surface area contributed by atoms with E-state index >= 15 is 0 Å². The summed E-state index contributed by atoms with van der Waals surface area (Å²) in [4.78, 5) is 23.2. The van der Waals surface area contributed by atoms with Gasteiger partial charge in [-0.2, -0.15) is 0 Å². The van der Waals surface area contributed by atoms with Gasteiger partial charge in [-0.3, -0.25) is 9.59 Å². The Bertz CT molecular complexity index is 378. The van der Waals surface area contributed by atoms with Gasteiger partial charge in [0.15, 0.2) is 0 Å². The van der Waals surface area contributed by atoms with Crippen molar-refractivity contribution in [1.82, 2.24) is 5.32 Å². The van der Waals surface area contributed by atoms with E-state index in [2.05, 4.69) is 11.2 Å². The van der Waals surface area contributed by atoms with Gasteiger partial charge in [-0.25, -0.2) is 0 Å². The molecule has 1 amide bonds. The van der Waals surface area contributed by atoms with Crippen molar-refractivity contribution in [1.29, 1.82) is 0 Å². The molecule has 112 valence electrons. The van der Waals surface area contributed by atoms with Crippen LogP contribution in [0, 0.1) is 17.8 Å². The molecular formula is C16H25NO3. The summed E-state index contributed by atoms with van der Waals surface area (Å²) < 4.78 is 0. The molecule has 1 fully saturated rings. The van der Waals surface area contributed by atoms with Crippen molar-refractivity contribution in [3.63, 3.8) is 0 Å². The van der Waals surface area contributed by atoms with Gasteiger partial charge in [0.25, 0.3) is 0 Å². The van der Waals surface area contributed by atoms with Crippen molar-refractivity contribution in [3.8, 4) is 12.3 Å². The molecule has 0 aromatic heterocycles. The van der Waals surface area contributed by atoms with Crippen molar-refractivity contribution >= 4 is 11.9 Å². The van der Waals surface area contributed by atoms with Crippen molar-refractivity contribution in [2.24, 2.45) is 5.41 Å². The molecule has 1 aliphatic carbocycles. The zero-order chi connectivity index (χ0) is 15.0. The molecule has 1 saturated carbocycles. The molecule has 20 heavy (non-hydrogen) atoms. The van der Waals surface area contributed by atoms with Gasteiger partial charge in [-0.05, 0) is 24.7 Å². The first-order valence-corrected chi connectivity index (χ1v) is 7.48. The average molecular weight is 279 g/mol. The SMILES string of the molecule is C#CC(CCC)NC(=O)CC1(CC(=O)O)CCCCC1. The highest BCUT2D eigenvalue weighted by Crippen LogP contribution is 2.42. The third-order valence-corrected chi connectivity index (χ3v) is 4.09. The number of nitrogens with one attached hydrogen (secondary N) is 1. The van der Waals surface area contributed by atoms with Crippen LogP contribution in [-0.2, 0) is 9.59 Å². The predicted molar refractivity (Wildman–Crippen MR) is 78.1 cm³/mol. The summed E-state index contributed by atoms with van der Waals surface area (Å²) in [7, 11) is 0. The van der Waals surface area contributed by atoms with Crippen molar-refractivity contribution in [2.75, 3.05) is 0 Å². The highest BCUT2D eigenvalue weighted by Gasteiger charge is 2.36. The maximum Gasteiger partial charge on any atom is 0.303 e. The number of amides is 1. The Labute approximate surface area is 121 Å². The molecule has 1 rings (SSSR count). The molecule has 0 bridgehead atoms. The van der Waals surface area contributed by atoms with Crippen LogP contribution in [-0.4, -0.2) is 23.0 Å². The zero-order valence-corrected chi connectivity index (χ0v) is 12.3. The van der Waals surface area contributed by atoms with E-state index in [0.717, 1.165) is 44.9 Å². The number of carbonyl (C=O) groups excluding carboxylic acids is 1. The average Bonchev–Trinajstić information content (AvgIpc) is 2.37. The molecule has 0 aromatic carbocycles. The standard InChI is InChI=1S/C16H25NO3/c1-3-8-13(4-2)17-14(18)11-16(12-15(19)20)9-6-5-7-10-16/h2,13H,3,5-12H2,1H3,(H,17,18)(H,19,20). The Morgan fingerprint density at radius 3 is 2.45 bits per heavy atom. The Hall–Kier alpha value is -1.50. The van der Waals surface area contributed by atoms with Crippen LogP contribution < -0.4 is 5.32 Å². The summed E-state index contributed by atoms with van der Waals surface area (Å²) in [5.74, 6) is 1.65. The quantitative estimate of drug-likeness (QED) is 0.704. The lowest BCUT2D eigenvalue weighted by molar-refractivity contribution is -0.141. The van der Waals surface area contributed by atoms with Gasteiger partial charge < -0.3 is 10.4 Å². The molecule has 4 nitrogen and oxygen atoms in total. The second-order valence-corrected chi connectivity index (χ2v) is 5.88. The fourth-order valence-electron chi connectivity index (χ4n) is 3.11. The molecule has 0 spiro atoms. The molecule has 0 radical (unpaired) electrons. The number of terminal acetylenes is 1. The van der Waals surface area contributed by atoms with Crippen LogP contribution in [0.5, 0.6) is 0 Å². The van der Waals surface area contributed by atoms with Crippen LogP contribution >= 0.6 is 0 Å². The van der Waals surface area contributed by atoms with Crippen molar-refractivity contribution < 1.29 is 14.7 Å². The maximum absolute atomic E-state index is 12.1. The largest absolute Gasteiger partial charge is 0.481 e. The van der Waals surface area contributed by atoms with Gasteiger partial charge in [-0.1, -0.05) is 38.5 Å². The number of carbonyl (C=O) groups is 2. The first kappa shape index (κ1) is 16.6. The molecule has 1 unspecified atom stereocenters. The summed E-state index contributed by atoms with van der Waals surface area (Å²) in [6, 6.07) is -0.238. The molecule has 0 saturated heterocycles. The molecule has 1 atom stereocenters. The normalized spacial score (nSPS) is 18.8. The highest BCUT2D eigenvalue weighted by atomic mass is 16.4. The van der Waals surface area contributed by atoms with Crippen LogP contribution in [0.1, 0.15) is 64.7 Å². The Morgan fingerprint density at radius 1 is 1.30 bits per heavy atom. The van der Waals surface area contributed by atoms with Crippen LogP contribution in [0.2, 0.25) is 0 Å². The first-order chi connectivity index (χ1) is 9.51. The maximum atomic E-state index is 12.1. The topological polar surface area (TPSA) is 66.4 Å². The summed E-state index contributed by atoms with van der Waals surface area (Å²) in [5, 5.41) is 11.9. The predicted octanol–water partition coefficient (Wildman–Crippen LogP) is 2.72. The Balaban J connectivity index is 2.62. The number of aliphatic carboxylic acids is 1. The van der Waals surface area contributed by atoms with Gasteiger partial charge in [0.05, 0.1) is 12.5 Å². The van der Waals surface area contributed by atoms with E-state index in [1.54, 1.807) is 0 Å². The van der Waals surface area contributed by atoms with Crippen LogP contribution in [0.15, 0.2) is 0 Å². The van der Waals surface area contributed by atoms with Crippen LogP contribution in [0.4, 0.5) is 0 Å². The minimum absolute atomic E-state index is 0.0783. The fourth-order valence-corrected chi connectivity index (χ4v) is 3.11. The minimum atomic E-state index is -0.818. The number of hydrogen-bond donors (Lipinski definition) is 2. The van der Waals surface area contributed by atoms with E-state index in [0.29, 0.717) is 0 Å². The third-order valence-electron chi connectivity index (χ3n) is 4.09. The lowest BCUT2D eigenvalue weighted by Crippen LogP contribution is -2.39. The molecule has 0 aromatic rings. The van der Waals surface area contributed by atoms with E-state index < -0.39 is 5.97 Å². The van der Waals surface area contributed by atoms with Crippen molar-refractivity contribution in [3.05, 3.63) is 0 Å². The van der Waals surface area contributed by atoms with Gasteiger partial charge in [0.2, 0.25) is 5.91 Å². The first-order valence-electron chi connectivity index (χ1n) is 7.48. The molecule has 4 heteroatoms. The number of carboxylic acid groups (broad SMARTS) is 1. The summed E-state index contributed by atoms with van der Waals surface area (Å²) in [5.41, 5.74) is -0.375. The number of carboxylic acids is 1. The molecule has 1 aliphatic rings. The molecule has 0 heterocycles. The third kappa shape index (κ3) is 5.24. The van der Waals surface area contributed by atoms with E-state index in [9.17, 15) is 9.59 Å². The van der Waals surface area contributed by atoms with E-state index in [-0.39, 0.29) is 30.2 Å². The molecule has 2 N–H and O–H groups in total. The Kier molecular flexibility index (Phi) is 6.57. The summed E-state index contributed by atoms with van der Waals surface area (Å²) in [6.07, 6.45) is 12.2. The lowest BCUT2D eigenvalue weighted by Gasteiger charge is -2.35. The van der Waals surface area contributed by atoms with Gasteiger partial charge in [0.1, 0.15) is 0 Å². The van der Waals surface area contributed by atoms with Crippen LogP contribution in [0.3, 0.4) is 0 Å². The Morgan fingerprint density at radius 2 is 1.95 bits per heavy atom. The van der Waals surface area contributed by atoms with Gasteiger partial charge in [0, 0.05) is 6.42 Å². The number of rotatable bonds is 7. The van der Waals surface area contributed by atoms with Crippen LogP contribution in [0.25, 0.3) is 0 Å². The minimum Gasteiger partial charge on any atom is -0.481 e. The zero-order valence-electron chi connectivity index (χ0n) is 12.3. The summed E-state index contributed by atoms with van der Waals surface area (Å²) in [6.45, 7) is 2.02. The van der Waals surface area contributed by atoms with E-state index in [1.165, 1.54) is 0 Å². The lowest BCUT2D eigenvalue weighted by atomic mass is 9.69. The highest BCUT2D eigenvalue weighted by molar-refractivity contribution is 5.78. The van der Waals surface area contributed by atoms with E-state index in [1.807, 2.05) is 6.92 Å². The van der Waals surface area contributed by atoms with Gasteiger partial charge in [-0.15, -0.1) is 6.42 Å². The summed E-state index contributed by atoms with van der Waals surface area (Å²) >= 11 is 0.